The molecule has 0 unspecified atom stereocenters. The van der Waals surface area contributed by atoms with E-state index in [0.717, 1.165) is 0 Å². The zero-order chi connectivity index (χ0) is 14.0. The van der Waals surface area contributed by atoms with Crippen molar-refractivity contribution in [1.82, 2.24) is 5.16 Å². The normalized spacial score (nSPS) is 11.5. The molecule has 1 aromatic heterocycles. The molecule has 0 saturated heterocycles. The highest BCUT2D eigenvalue weighted by atomic mass is 35.5. The maximum atomic E-state index is 11.9. The number of hydrogen-bond donors (Lipinski definition) is 2. The summed E-state index contributed by atoms with van der Waals surface area (Å²) in [6.45, 7) is 1.69. The summed E-state index contributed by atoms with van der Waals surface area (Å²) in [6, 6.07) is 6.07. The molecule has 0 amide bonds. The van der Waals surface area contributed by atoms with Crippen LogP contribution in [0.4, 0.5) is 11.4 Å². The first kappa shape index (κ1) is 13.7. The summed E-state index contributed by atoms with van der Waals surface area (Å²) >= 11 is 5.76. The molecule has 1 heterocycles. The van der Waals surface area contributed by atoms with Gasteiger partial charge in [0.15, 0.2) is 0 Å². The molecule has 0 spiro atoms. The third-order valence-electron chi connectivity index (χ3n) is 2.28. The summed E-state index contributed by atoms with van der Waals surface area (Å²) in [4.78, 5) is 0. The van der Waals surface area contributed by atoms with Crippen molar-refractivity contribution in [1.29, 1.82) is 0 Å². The standard InChI is InChI=1S/C11H12ClN3O3S/c1-7-4-9(14-18-7)6-19(16,17)15-8-2-3-10(12)11(13)5-8/h2-5,15H,6,13H2,1H3. The first-order valence-electron chi connectivity index (χ1n) is 5.33. The number of hydrogen-bond acceptors (Lipinski definition) is 5. The van der Waals surface area contributed by atoms with Crippen LogP contribution in [0.1, 0.15) is 11.5 Å². The second-order valence-corrected chi connectivity index (χ2v) is 6.16. The number of sulfonamides is 1. The molecule has 0 bridgehead atoms. The van der Waals surface area contributed by atoms with E-state index >= 15 is 0 Å². The summed E-state index contributed by atoms with van der Waals surface area (Å²) < 4.78 is 31.0. The van der Waals surface area contributed by atoms with Crippen LogP contribution >= 0.6 is 11.6 Å². The Hall–Kier alpha value is -1.73. The Morgan fingerprint density at radius 1 is 1.42 bits per heavy atom. The Morgan fingerprint density at radius 3 is 2.74 bits per heavy atom. The number of nitrogens with zero attached hydrogens (tertiary/aromatic N) is 1. The molecule has 0 radical (unpaired) electrons. The van der Waals surface area contributed by atoms with Crippen molar-refractivity contribution in [2.45, 2.75) is 12.7 Å². The number of anilines is 2. The molecule has 8 heteroatoms. The quantitative estimate of drug-likeness (QED) is 0.843. The fraction of sp³-hybridized carbons (Fsp3) is 0.182. The minimum atomic E-state index is -3.58. The molecule has 2 aromatic rings. The van der Waals surface area contributed by atoms with Crippen LogP contribution in [0.3, 0.4) is 0 Å². The number of nitrogens with one attached hydrogen (secondary N) is 1. The fourth-order valence-corrected chi connectivity index (χ4v) is 2.70. The topological polar surface area (TPSA) is 98.2 Å². The number of nitrogen functional groups attached to an aromatic ring is 1. The maximum absolute atomic E-state index is 11.9. The Bertz CT molecular complexity index is 697. The highest BCUT2D eigenvalue weighted by Crippen LogP contribution is 2.23. The predicted octanol–water partition coefficient (Wildman–Crippen LogP) is 2.16. The Kier molecular flexibility index (Phi) is 3.68. The lowest BCUT2D eigenvalue weighted by atomic mass is 10.3. The lowest BCUT2D eigenvalue weighted by Crippen LogP contribution is -2.15. The third kappa shape index (κ3) is 3.62. The van der Waals surface area contributed by atoms with E-state index in [1.165, 1.54) is 18.2 Å². The SMILES string of the molecule is Cc1cc(CS(=O)(=O)Nc2ccc(Cl)c(N)c2)no1. The molecule has 0 aliphatic heterocycles. The third-order valence-corrected chi connectivity index (χ3v) is 3.85. The first-order chi connectivity index (χ1) is 8.85. The maximum Gasteiger partial charge on any atom is 0.238 e. The van der Waals surface area contributed by atoms with E-state index < -0.39 is 10.0 Å². The van der Waals surface area contributed by atoms with Crippen molar-refractivity contribution in [2.75, 3.05) is 10.5 Å². The van der Waals surface area contributed by atoms with Crippen LogP contribution in [0.15, 0.2) is 28.8 Å². The molecule has 1 aromatic carbocycles. The zero-order valence-electron chi connectivity index (χ0n) is 10.1. The molecule has 2 rings (SSSR count). The van der Waals surface area contributed by atoms with Gasteiger partial charge in [-0.1, -0.05) is 16.8 Å². The minimum Gasteiger partial charge on any atom is -0.397 e. The number of benzene rings is 1. The van der Waals surface area contributed by atoms with Gasteiger partial charge in [-0.05, 0) is 25.1 Å². The van der Waals surface area contributed by atoms with Gasteiger partial charge in [0.05, 0.1) is 16.4 Å². The van der Waals surface area contributed by atoms with E-state index in [1.54, 1.807) is 13.0 Å². The van der Waals surface area contributed by atoms with Crippen LogP contribution in [0.5, 0.6) is 0 Å². The summed E-state index contributed by atoms with van der Waals surface area (Å²) in [6.07, 6.45) is 0. The predicted molar refractivity (Wildman–Crippen MR) is 73.4 cm³/mol. The number of nitrogens with two attached hydrogens (primary N) is 1. The largest absolute Gasteiger partial charge is 0.397 e. The van der Waals surface area contributed by atoms with Crippen LogP contribution < -0.4 is 10.5 Å². The van der Waals surface area contributed by atoms with E-state index in [0.29, 0.717) is 27.9 Å². The molecule has 0 saturated carbocycles. The van der Waals surface area contributed by atoms with E-state index in [-0.39, 0.29) is 5.75 Å². The minimum absolute atomic E-state index is 0.271. The smallest absolute Gasteiger partial charge is 0.238 e. The van der Waals surface area contributed by atoms with E-state index in [1.807, 2.05) is 0 Å². The van der Waals surface area contributed by atoms with E-state index in [9.17, 15) is 8.42 Å². The van der Waals surface area contributed by atoms with Gasteiger partial charge in [-0.3, -0.25) is 4.72 Å². The highest BCUT2D eigenvalue weighted by molar-refractivity contribution is 7.91. The Morgan fingerprint density at radius 2 is 2.16 bits per heavy atom. The molecule has 6 nitrogen and oxygen atoms in total. The monoisotopic (exact) mass is 301 g/mol. The Labute approximate surface area is 115 Å². The van der Waals surface area contributed by atoms with Crippen molar-refractivity contribution < 1.29 is 12.9 Å². The van der Waals surface area contributed by atoms with Gasteiger partial charge in [0.2, 0.25) is 10.0 Å². The second-order valence-electron chi connectivity index (χ2n) is 4.03. The van der Waals surface area contributed by atoms with E-state index in [2.05, 4.69) is 9.88 Å². The molecule has 0 aliphatic rings. The Balaban J connectivity index is 2.14. The molecule has 3 N–H and O–H groups in total. The molecular weight excluding hydrogens is 290 g/mol. The van der Waals surface area contributed by atoms with Gasteiger partial charge in [-0.2, -0.15) is 0 Å². The van der Waals surface area contributed by atoms with Gasteiger partial charge in [-0.25, -0.2) is 8.42 Å². The van der Waals surface area contributed by atoms with Gasteiger partial charge in [0, 0.05) is 6.07 Å². The fourth-order valence-electron chi connectivity index (χ4n) is 1.50. The lowest BCUT2D eigenvalue weighted by molar-refractivity contribution is 0.392. The second kappa shape index (κ2) is 5.10. The lowest BCUT2D eigenvalue weighted by Gasteiger charge is -2.07. The van der Waals surface area contributed by atoms with Crippen LogP contribution in [-0.2, 0) is 15.8 Å². The average Bonchev–Trinajstić information content (AvgIpc) is 2.68. The first-order valence-corrected chi connectivity index (χ1v) is 7.36. The highest BCUT2D eigenvalue weighted by Gasteiger charge is 2.15. The van der Waals surface area contributed by atoms with Crippen molar-refractivity contribution in [3.05, 3.63) is 40.7 Å². The van der Waals surface area contributed by atoms with E-state index in [4.69, 9.17) is 21.9 Å². The van der Waals surface area contributed by atoms with Gasteiger partial charge >= 0.3 is 0 Å². The molecule has 0 aliphatic carbocycles. The molecule has 19 heavy (non-hydrogen) atoms. The zero-order valence-corrected chi connectivity index (χ0v) is 11.6. The van der Waals surface area contributed by atoms with Gasteiger partial charge < -0.3 is 10.3 Å². The van der Waals surface area contributed by atoms with Gasteiger partial charge in [0.1, 0.15) is 17.2 Å². The van der Waals surface area contributed by atoms with Crippen molar-refractivity contribution in [3.63, 3.8) is 0 Å². The van der Waals surface area contributed by atoms with Crippen LogP contribution in [0, 0.1) is 6.92 Å². The molecule has 102 valence electrons. The number of aryl methyl sites for hydroxylation is 1. The molecule has 0 fully saturated rings. The summed E-state index contributed by atoms with van der Waals surface area (Å²) in [7, 11) is -3.58. The van der Waals surface area contributed by atoms with Gasteiger partial charge in [-0.15, -0.1) is 0 Å². The van der Waals surface area contributed by atoms with Crippen molar-refractivity contribution in [3.8, 4) is 0 Å². The van der Waals surface area contributed by atoms with Crippen molar-refractivity contribution in [2.24, 2.45) is 0 Å². The van der Waals surface area contributed by atoms with Crippen molar-refractivity contribution >= 4 is 33.0 Å². The van der Waals surface area contributed by atoms with Crippen LogP contribution in [0.2, 0.25) is 5.02 Å². The molecule has 0 atom stereocenters. The van der Waals surface area contributed by atoms with Gasteiger partial charge in [0.25, 0.3) is 0 Å². The van der Waals surface area contributed by atoms with Crippen LogP contribution in [-0.4, -0.2) is 13.6 Å². The van der Waals surface area contributed by atoms with Crippen LogP contribution in [0.25, 0.3) is 0 Å². The summed E-state index contributed by atoms with van der Waals surface area (Å²) in [5.41, 5.74) is 6.59. The number of aromatic nitrogens is 1. The number of rotatable bonds is 4. The average molecular weight is 302 g/mol. The molecular formula is C11H12ClN3O3S. The summed E-state index contributed by atoms with van der Waals surface area (Å²) in [5, 5.41) is 4.00. The number of halogens is 1. The summed E-state index contributed by atoms with van der Waals surface area (Å²) in [5.74, 6) is 0.285.